The van der Waals surface area contributed by atoms with Gasteiger partial charge in [0, 0.05) is 18.4 Å². The van der Waals surface area contributed by atoms with Gasteiger partial charge in [0.15, 0.2) is 5.16 Å². The molecular weight excluding hydrogens is 324 g/mol. The lowest BCUT2D eigenvalue weighted by Gasteiger charge is -2.12. The van der Waals surface area contributed by atoms with Crippen molar-refractivity contribution < 1.29 is 9.59 Å². The van der Waals surface area contributed by atoms with Crippen LogP contribution in [0, 0.1) is 13.8 Å². The molecule has 1 aliphatic rings. The minimum absolute atomic E-state index is 0.139. The molecule has 0 spiro atoms. The lowest BCUT2D eigenvalue weighted by molar-refractivity contribution is -0.117. The molecule has 0 unspecified atom stereocenters. The van der Waals surface area contributed by atoms with E-state index >= 15 is 0 Å². The summed E-state index contributed by atoms with van der Waals surface area (Å²) in [5, 5.41) is 5.80. The topological polar surface area (TPSA) is 76.0 Å². The summed E-state index contributed by atoms with van der Waals surface area (Å²) in [4.78, 5) is 27.8. The average Bonchev–Trinajstić information content (AvgIpc) is 3.22. The highest BCUT2D eigenvalue weighted by Gasteiger charge is 2.24. The molecule has 1 fully saturated rings. The Hall–Kier alpha value is -2.28. The van der Waals surface area contributed by atoms with Crippen LogP contribution in [0.1, 0.15) is 24.0 Å². The minimum atomic E-state index is -0.416. The van der Waals surface area contributed by atoms with Crippen LogP contribution in [0.4, 0.5) is 4.79 Å². The van der Waals surface area contributed by atoms with E-state index in [0.29, 0.717) is 0 Å². The summed E-state index contributed by atoms with van der Waals surface area (Å²) in [5.41, 5.74) is 3.42. The Kier molecular flexibility index (Phi) is 4.89. The maximum atomic E-state index is 11.9. The molecule has 1 saturated carbocycles. The van der Waals surface area contributed by atoms with Gasteiger partial charge in [-0.2, -0.15) is 0 Å². The van der Waals surface area contributed by atoms with Crippen molar-refractivity contribution in [3.63, 3.8) is 0 Å². The Morgan fingerprint density at radius 1 is 1.33 bits per heavy atom. The van der Waals surface area contributed by atoms with Gasteiger partial charge in [-0.25, -0.2) is 9.78 Å². The Bertz CT molecular complexity index is 768. The van der Waals surface area contributed by atoms with Gasteiger partial charge in [-0.05, 0) is 43.9 Å². The van der Waals surface area contributed by atoms with E-state index in [0.717, 1.165) is 23.7 Å². The van der Waals surface area contributed by atoms with Crippen molar-refractivity contribution in [1.29, 1.82) is 0 Å². The van der Waals surface area contributed by atoms with Gasteiger partial charge in [0.2, 0.25) is 5.91 Å². The Morgan fingerprint density at radius 3 is 2.88 bits per heavy atom. The van der Waals surface area contributed by atoms with E-state index in [9.17, 15) is 9.59 Å². The van der Waals surface area contributed by atoms with Crippen LogP contribution in [-0.4, -0.2) is 33.3 Å². The van der Waals surface area contributed by atoms with Gasteiger partial charge in [0.1, 0.15) is 0 Å². The molecule has 0 aliphatic heterocycles. The van der Waals surface area contributed by atoms with Gasteiger partial charge >= 0.3 is 6.03 Å². The highest BCUT2D eigenvalue weighted by atomic mass is 32.2. The molecule has 126 valence electrons. The molecule has 0 atom stereocenters. The van der Waals surface area contributed by atoms with Gasteiger partial charge < -0.3 is 5.32 Å². The maximum Gasteiger partial charge on any atom is 0.321 e. The molecule has 24 heavy (non-hydrogen) atoms. The molecule has 6 nitrogen and oxygen atoms in total. The first-order chi connectivity index (χ1) is 11.5. The molecular formula is C17H20N4O2S. The third-order valence-corrected chi connectivity index (χ3v) is 4.91. The number of aromatic nitrogens is 2. The lowest BCUT2D eigenvalue weighted by atomic mass is 10.1. The molecule has 0 bridgehead atoms. The van der Waals surface area contributed by atoms with Gasteiger partial charge in [-0.3, -0.25) is 14.7 Å². The van der Waals surface area contributed by atoms with Crippen LogP contribution < -0.4 is 10.6 Å². The fraction of sp³-hybridized carbons (Fsp3) is 0.353. The number of hydrogen-bond acceptors (Lipinski definition) is 4. The number of aryl methyl sites for hydroxylation is 1. The van der Waals surface area contributed by atoms with Crippen molar-refractivity contribution in [1.82, 2.24) is 20.2 Å². The Morgan fingerprint density at radius 2 is 2.12 bits per heavy atom. The molecule has 2 N–H and O–H groups in total. The summed E-state index contributed by atoms with van der Waals surface area (Å²) in [6, 6.07) is 5.90. The first kappa shape index (κ1) is 16.6. The normalized spacial score (nSPS) is 13.6. The zero-order valence-electron chi connectivity index (χ0n) is 13.7. The van der Waals surface area contributed by atoms with Crippen molar-refractivity contribution >= 4 is 23.7 Å². The summed E-state index contributed by atoms with van der Waals surface area (Å²) >= 11 is 1.31. The predicted molar refractivity (Wildman–Crippen MR) is 93.5 cm³/mol. The van der Waals surface area contributed by atoms with Crippen molar-refractivity contribution in [3.8, 4) is 5.69 Å². The Labute approximate surface area is 145 Å². The lowest BCUT2D eigenvalue weighted by Crippen LogP contribution is -2.41. The first-order valence-corrected chi connectivity index (χ1v) is 8.86. The van der Waals surface area contributed by atoms with E-state index in [2.05, 4.69) is 35.5 Å². The highest BCUT2D eigenvalue weighted by Crippen LogP contribution is 2.24. The molecule has 7 heteroatoms. The van der Waals surface area contributed by atoms with E-state index in [1.807, 2.05) is 22.9 Å². The second-order valence-corrected chi connectivity index (χ2v) is 6.83. The summed E-state index contributed by atoms with van der Waals surface area (Å²) in [6.45, 7) is 4.13. The van der Waals surface area contributed by atoms with Gasteiger partial charge in [-0.15, -0.1) is 0 Å². The molecule has 0 radical (unpaired) electrons. The highest BCUT2D eigenvalue weighted by molar-refractivity contribution is 7.99. The summed E-state index contributed by atoms with van der Waals surface area (Å²) in [6.07, 6.45) is 5.57. The number of hydrogen-bond donors (Lipinski definition) is 2. The number of carbonyl (C=O) groups is 2. The number of thioether (sulfide) groups is 1. The van der Waals surface area contributed by atoms with Crippen LogP contribution in [0.3, 0.4) is 0 Å². The standard InChI is InChI=1S/C17H20N4O2S/c1-11-4-3-5-14(12(11)2)21-9-8-18-17(21)24-10-15(22)20-16(23)19-13-6-7-13/h3-5,8-9,13H,6-7,10H2,1-2H3,(H2,19,20,22,23). The van der Waals surface area contributed by atoms with Crippen LogP contribution in [-0.2, 0) is 4.79 Å². The van der Waals surface area contributed by atoms with Crippen LogP contribution >= 0.6 is 11.8 Å². The monoisotopic (exact) mass is 344 g/mol. The third-order valence-electron chi connectivity index (χ3n) is 3.94. The molecule has 3 rings (SSSR count). The van der Waals surface area contributed by atoms with Crippen LogP contribution in [0.5, 0.6) is 0 Å². The molecule has 0 saturated heterocycles. The van der Waals surface area contributed by atoms with E-state index in [1.54, 1.807) is 6.20 Å². The number of urea groups is 1. The molecule has 1 aliphatic carbocycles. The molecule has 1 aromatic heterocycles. The smallest absolute Gasteiger partial charge is 0.321 e. The zero-order chi connectivity index (χ0) is 17.1. The average molecular weight is 344 g/mol. The largest absolute Gasteiger partial charge is 0.335 e. The fourth-order valence-electron chi connectivity index (χ4n) is 2.32. The van der Waals surface area contributed by atoms with Crippen LogP contribution in [0.2, 0.25) is 0 Å². The summed E-state index contributed by atoms with van der Waals surface area (Å²) in [5.74, 6) is -0.186. The summed E-state index contributed by atoms with van der Waals surface area (Å²) in [7, 11) is 0. The number of imide groups is 1. The second kappa shape index (κ2) is 7.09. The second-order valence-electron chi connectivity index (χ2n) is 5.88. The predicted octanol–water partition coefficient (Wildman–Crippen LogP) is 2.57. The third kappa shape index (κ3) is 3.97. The number of amides is 3. The number of carbonyl (C=O) groups excluding carboxylic acids is 2. The Balaban J connectivity index is 1.62. The quantitative estimate of drug-likeness (QED) is 0.818. The van der Waals surface area contributed by atoms with Crippen molar-refractivity contribution in [2.75, 3.05) is 5.75 Å². The van der Waals surface area contributed by atoms with Gasteiger partial charge in [0.25, 0.3) is 0 Å². The maximum absolute atomic E-state index is 11.9. The number of rotatable bonds is 5. The molecule has 1 heterocycles. The molecule has 3 amide bonds. The minimum Gasteiger partial charge on any atom is -0.335 e. The van der Waals surface area contributed by atoms with Crippen molar-refractivity contribution in [2.45, 2.75) is 37.9 Å². The number of nitrogens with one attached hydrogen (secondary N) is 2. The van der Waals surface area contributed by atoms with Crippen molar-refractivity contribution in [3.05, 3.63) is 41.7 Å². The number of nitrogens with zero attached hydrogens (tertiary/aromatic N) is 2. The first-order valence-electron chi connectivity index (χ1n) is 7.87. The zero-order valence-corrected chi connectivity index (χ0v) is 14.5. The summed E-state index contributed by atoms with van der Waals surface area (Å²) < 4.78 is 1.96. The van der Waals surface area contributed by atoms with E-state index < -0.39 is 6.03 Å². The molecule has 2 aromatic rings. The number of benzene rings is 1. The fourth-order valence-corrected chi connectivity index (χ4v) is 3.08. The van der Waals surface area contributed by atoms with Gasteiger partial charge in [-0.1, -0.05) is 23.9 Å². The van der Waals surface area contributed by atoms with Crippen LogP contribution in [0.15, 0.2) is 35.7 Å². The van der Waals surface area contributed by atoms with Crippen molar-refractivity contribution in [2.24, 2.45) is 0 Å². The van der Waals surface area contributed by atoms with Crippen LogP contribution in [0.25, 0.3) is 5.69 Å². The van der Waals surface area contributed by atoms with E-state index in [4.69, 9.17) is 0 Å². The van der Waals surface area contributed by atoms with E-state index in [1.165, 1.54) is 22.9 Å². The SMILES string of the molecule is Cc1cccc(-n2ccnc2SCC(=O)NC(=O)NC2CC2)c1C. The number of imidazole rings is 1. The van der Waals surface area contributed by atoms with E-state index in [-0.39, 0.29) is 17.7 Å². The molecule has 1 aromatic carbocycles. The van der Waals surface area contributed by atoms with Gasteiger partial charge in [0.05, 0.1) is 11.4 Å².